The number of sulfonamides is 1. The molecule has 8 heteroatoms. The Labute approximate surface area is 110 Å². The normalized spacial score (nSPS) is 10.9. The number of halogens is 2. The fourth-order valence-corrected chi connectivity index (χ4v) is 2.47. The van der Waals surface area contributed by atoms with Gasteiger partial charge in [0.1, 0.15) is 4.90 Å². The van der Waals surface area contributed by atoms with Crippen LogP contribution in [0, 0.1) is 0 Å². The van der Waals surface area contributed by atoms with Crippen molar-refractivity contribution < 1.29 is 8.42 Å². The summed E-state index contributed by atoms with van der Waals surface area (Å²) in [7, 11) is -1.68. The summed E-state index contributed by atoms with van der Waals surface area (Å²) in [4.78, 5) is 3.96. The van der Waals surface area contributed by atoms with E-state index in [1.165, 1.54) is 18.5 Å². The second-order valence-electron chi connectivity index (χ2n) is 2.84. The van der Waals surface area contributed by atoms with Gasteiger partial charge in [-0.2, -0.15) is 0 Å². The minimum absolute atomic E-state index is 0. The molecule has 1 aromatic rings. The molecule has 92 valence electrons. The molecule has 0 saturated heterocycles. The van der Waals surface area contributed by atoms with Gasteiger partial charge in [0.15, 0.2) is 0 Å². The van der Waals surface area contributed by atoms with Crippen LogP contribution in [0.15, 0.2) is 27.8 Å². The van der Waals surface area contributed by atoms with Gasteiger partial charge in [-0.3, -0.25) is 4.98 Å². The van der Waals surface area contributed by atoms with E-state index in [0.717, 1.165) is 0 Å². The van der Waals surface area contributed by atoms with E-state index in [4.69, 9.17) is 0 Å². The number of likely N-dealkylation sites (N-methyl/N-ethyl adjacent to an activating group) is 1. The summed E-state index contributed by atoms with van der Waals surface area (Å²) in [5.74, 6) is 0. The molecule has 0 amide bonds. The molecule has 0 saturated carbocycles. The maximum atomic E-state index is 11.7. The lowest BCUT2D eigenvalue weighted by atomic mass is 10.5. The topological polar surface area (TPSA) is 71.1 Å². The third-order valence-electron chi connectivity index (χ3n) is 1.66. The molecule has 2 N–H and O–H groups in total. The van der Waals surface area contributed by atoms with Crippen LogP contribution in [-0.4, -0.2) is 33.5 Å². The molecule has 0 bridgehead atoms. The van der Waals surface area contributed by atoms with Crippen molar-refractivity contribution in [3.05, 3.63) is 22.9 Å². The Balaban J connectivity index is 0.00000225. The summed E-state index contributed by atoms with van der Waals surface area (Å²) >= 11 is 3.17. The average molecular weight is 331 g/mol. The first-order valence-corrected chi connectivity index (χ1v) is 6.58. The molecule has 0 aliphatic rings. The van der Waals surface area contributed by atoms with Gasteiger partial charge in [-0.25, -0.2) is 13.1 Å². The summed E-state index contributed by atoms with van der Waals surface area (Å²) in [5, 5.41) is 2.85. The van der Waals surface area contributed by atoms with Crippen LogP contribution in [0.1, 0.15) is 0 Å². The Kier molecular flexibility index (Phi) is 7.09. The quantitative estimate of drug-likeness (QED) is 0.782. The third kappa shape index (κ3) is 4.75. The highest BCUT2D eigenvalue weighted by atomic mass is 79.9. The third-order valence-corrected chi connectivity index (χ3v) is 3.52. The van der Waals surface area contributed by atoms with Crippen LogP contribution in [-0.2, 0) is 10.0 Å². The fraction of sp³-hybridized carbons (Fsp3) is 0.375. The Bertz CT molecular complexity index is 427. The summed E-state index contributed by atoms with van der Waals surface area (Å²) in [6.45, 7) is 0.937. The lowest BCUT2D eigenvalue weighted by Crippen LogP contribution is -2.30. The van der Waals surface area contributed by atoms with Gasteiger partial charge in [0, 0.05) is 30.0 Å². The molecule has 1 rings (SSSR count). The van der Waals surface area contributed by atoms with Crippen LogP contribution in [0.2, 0.25) is 0 Å². The summed E-state index contributed by atoms with van der Waals surface area (Å²) in [6.07, 6.45) is 2.85. The highest BCUT2D eigenvalue weighted by Crippen LogP contribution is 2.13. The molecule has 0 unspecified atom stereocenters. The van der Waals surface area contributed by atoms with E-state index in [1.807, 2.05) is 0 Å². The van der Waals surface area contributed by atoms with Crippen molar-refractivity contribution in [2.45, 2.75) is 4.90 Å². The maximum Gasteiger partial charge on any atom is 0.242 e. The minimum Gasteiger partial charge on any atom is -0.318 e. The van der Waals surface area contributed by atoms with Gasteiger partial charge in [-0.05, 0) is 29.0 Å². The van der Waals surface area contributed by atoms with E-state index in [9.17, 15) is 8.42 Å². The van der Waals surface area contributed by atoms with E-state index < -0.39 is 10.0 Å². The van der Waals surface area contributed by atoms with E-state index in [1.54, 1.807) is 7.05 Å². The van der Waals surface area contributed by atoms with E-state index in [-0.39, 0.29) is 17.3 Å². The number of hydrogen-bond donors (Lipinski definition) is 2. The highest BCUT2D eigenvalue weighted by molar-refractivity contribution is 9.10. The van der Waals surface area contributed by atoms with Crippen LogP contribution in [0.5, 0.6) is 0 Å². The second-order valence-corrected chi connectivity index (χ2v) is 5.52. The largest absolute Gasteiger partial charge is 0.318 e. The molecule has 1 heterocycles. The Morgan fingerprint density at radius 2 is 2.06 bits per heavy atom. The molecule has 0 fully saturated rings. The zero-order valence-electron chi connectivity index (χ0n) is 8.60. The molecule has 0 radical (unpaired) electrons. The maximum absolute atomic E-state index is 11.7. The first-order chi connectivity index (χ1) is 7.06. The molecule has 1 aromatic heterocycles. The smallest absolute Gasteiger partial charge is 0.242 e. The minimum atomic E-state index is -3.44. The molecule has 0 aliphatic heterocycles. The lowest BCUT2D eigenvalue weighted by molar-refractivity contribution is 0.579. The van der Waals surface area contributed by atoms with Crippen molar-refractivity contribution >= 4 is 38.4 Å². The number of nitrogens with zero attached hydrogens (tertiary/aromatic N) is 1. The first kappa shape index (κ1) is 15.8. The van der Waals surface area contributed by atoms with Gasteiger partial charge in [-0.15, -0.1) is 12.4 Å². The fourth-order valence-electron chi connectivity index (χ4n) is 0.933. The van der Waals surface area contributed by atoms with Gasteiger partial charge in [0.2, 0.25) is 10.0 Å². The zero-order valence-corrected chi connectivity index (χ0v) is 11.8. The predicted molar refractivity (Wildman–Crippen MR) is 68.3 cm³/mol. The van der Waals surface area contributed by atoms with E-state index >= 15 is 0 Å². The molecule has 16 heavy (non-hydrogen) atoms. The van der Waals surface area contributed by atoms with Crippen molar-refractivity contribution in [2.24, 2.45) is 0 Å². The van der Waals surface area contributed by atoms with Crippen molar-refractivity contribution in [3.8, 4) is 0 Å². The molecular weight excluding hydrogens is 318 g/mol. The van der Waals surface area contributed by atoms with Gasteiger partial charge >= 0.3 is 0 Å². The molecule has 0 atom stereocenters. The van der Waals surface area contributed by atoms with Crippen molar-refractivity contribution in [1.29, 1.82) is 0 Å². The second kappa shape index (κ2) is 7.18. The average Bonchev–Trinajstić information content (AvgIpc) is 2.18. The van der Waals surface area contributed by atoms with Gasteiger partial charge < -0.3 is 5.32 Å². The number of aromatic nitrogens is 1. The van der Waals surface area contributed by atoms with Crippen molar-refractivity contribution in [3.63, 3.8) is 0 Å². The summed E-state index contributed by atoms with van der Waals surface area (Å²) < 4.78 is 26.4. The van der Waals surface area contributed by atoms with Gasteiger partial charge in [-0.1, -0.05) is 0 Å². The van der Waals surface area contributed by atoms with Crippen LogP contribution < -0.4 is 10.0 Å². The van der Waals surface area contributed by atoms with Crippen LogP contribution in [0.3, 0.4) is 0 Å². The van der Waals surface area contributed by atoms with Crippen LogP contribution >= 0.6 is 28.3 Å². The molecular formula is C8H13BrClN3O2S. The molecule has 5 nitrogen and oxygen atoms in total. The van der Waals surface area contributed by atoms with Crippen molar-refractivity contribution in [1.82, 2.24) is 15.0 Å². The monoisotopic (exact) mass is 329 g/mol. The Morgan fingerprint density at radius 3 is 2.62 bits per heavy atom. The van der Waals surface area contributed by atoms with Crippen molar-refractivity contribution in [2.75, 3.05) is 20.1 Å². The standard InChI is InChI=1S/C8H12BrN3O2S.ClH/c1-10-2-3-12-15(13,14)8-4-7(9)5-11-6-8;/h4-6,10,12H,2-3H2,1H3;1H. The SMILES string of the molecule is CNCCNS(=O)(=O)c1cncc(Br)c1.Cl. The lowest BCUT2D eigenvalue weighted by Gasteiger charge is -2.05. The Morgan fingerprint density at radius 1 is 1.38 bits per heavy atom. The predicted octanol–water partition coefficient (Wildman–Crippen LogP) is 0.764. The number of nitrogens with one attached hydrogen (secondary N) is 2. The summed E-state index contributed by atoms with van der Waals surface area (Å²) in [6, 6.07) is 1.51. The number of hydrogen-bond acceptors (Lipinski definition) is 4. The first-order valence-electron chi connectivity index (χ1n) is 4.31. The Hall–Kier alpha value is -0.210. The van der Waals surface area contributed by atoms with E-state index in [2.05, 4.69) is 31.0 Å². The zero-order chi connectivity index (χ0) is 11.3. The number of pyridine rings is 1. The van der Waals surface area contributed by atoms with E-state index in [0.29, 0.717) is 17.6 Å². The van der Waals surface area contributed by atoms with Crippen LogP contribution in [0.25, 0.3) is 0 Å². The molecule has 0 spiro atoms. The molecule has 0 aromatic carbocycles. The summed E-state index contributed by atoms with van der Waals surface area (Å²) in [5.41, 5.74) is 0. The highest BCUT2D eigenvalue weighted by Gasteiger charge is 2.13. The number of rotatable bonds is 5. The molecule has 0 aliphatic carbocycles. The van der Waals surface area contributed by atoms with Crippen LogP contribution in [0.4, 0.5) is 0 Å². The van der Waals surface area contributed by atoms with Gasteiger partial charge in [0.05, 0.1) is 0 Å². The van der Waals surface area contributed by atoms with Gasteiger partial charge in [0.25, 0.3) is 0 Å².